The molecule has 0 spiro atoms. The maximum atomic E-state index is 10.8. The molecular weight excluding hydrogens is 329 g/mol. The Kier molecular flexibility index (Phi) is 5.00. The molecule has 0 bridgehead atoms. The lowest BCUT2D eigenvalue weighted by atomic mass is 10.6. The van der Waals surface area contributed by atoms with Gasteiger partial charge in [0.15, 0.2) is 0 Å². The van der Waals surface area contributed by atoms with Gasteiger partial charge in [0, 0.05) is 25.5 Å². The van der Waals surface area contributed by atoms with Crippen LogP contribution in [0, 0.1) is 3.57 Å². The molecule has 0 unspecified atom stereocenters. The van der Waals surface area contributed by atoms with E-state index in [1.165, 1.54) is 6.26 Å². The molecule has 1 aromatic heterocycles. The lowest BCUT2D eigenvalue weighted by molar-refractivity contribution is 0.559. The monoisotopic (exact) mass is 343 g/mol. The van der Waals surface area contributed by atoms with Crippen molar-refractivity contribution in [1.82, 2.24) is 15.1 Å². The van der Waals surface area contributed by atoms with Crippen molar-refractivity contribution < 1.29 is 8.42 Å². The standard InChI is InChI=1S/C8H14IN3O2S/c1-15(13,14)5-3-10-2-4-12-7-8(9)6-11-12/h6-7,10H,2-5H2,1H3. The minimum Gasteiger partial charge on any atom is -0.314 e. The summed E-state index contributed by atoms with van der Waals surface area (Å²) < 4.78 is 24.5. The summed E-state index contributed by atoms with van der Waals surface area (Å²) >= 11 is 2.20. The van der Waals surface area contributed by atoms with E-state index in [0.717, 1.165) is 16.7 Å². The first-order valence-electron chi connectivity index (χ1n) is 4.54. The van der Waals surface area contributed by atoms with Crippen LogP contribution >= 0.6 is 22.6 Å². The van der Waals surface area contributed by atoms with Gasteiger partial charge in [0.2, 0.25) is 0 Å². The molecule has 0 aliphatic heterocycles. The van der Waals surface area contributed by atoms with E-state index < -0.39 is 9.84 Å². The maximum absolute atomic E-state index is 10.8. The first kappa shape index (κ1) is 12.9. The molecule has 0 aliphatic rings. The van der Waals surface area contributed by atoms with E-state index in [1.54, 1.807) is 6.20 Å². The SMILES string of the molecule is CS(=O)(=O)CCNCCn1cc(I)cn1. The molecule has 0 aliphatic carbocycles. The van der Waals surface area contributed by atoms with Gasteiger partial charge < -0.3 is 5.32 Å². The Morgan fingerprint density at radius 3 is 2.80 bits per heavy atom. The van der Waals surface area contributed by atoms with E-state index in [9.17, 15) is 8.42 Å². The number of halogens is 1. The number of aromatic nitrogens is 2. The molecule has 0 saturated carbocycles. The average Bonchev–Trinajstić information content (AvgIpc) is 2.49. The topological polar surface area (TPSA) is 64.0 Å². The van der Waals surface area contributed by atoms with Crippen LogP contribution in [0.5, 0.6) is 0 Å². The van der Waals surface area contributed by atoms with Crippen LogP contribution in [-0.2, 0) is 16.4 Å². The van der Waals surface area contributed by atoms with E-state index in [-0.39, 0.29) is 5.75 Å². The maximum Gasteiger partial charge on any atom is 0.148 e. The molecule has 0 saturated heterocycles. The minimum atomic E-state index is -2.85. The quantitative estimate of drug-likeness (QED) is 0.589. The van der Waals surface area contributed by atoms with Gasteiger partial charge in [0.25, 0.3) is 0 Å². The van der Waals surface area contributed by atoms with E-state index in [4.69, 9.17) is 0 Å². The van der Waals surface area contributed by atoms with E-state index in [0.29, 0.717) is 6.54 Å². The Hall–Kier alpha value is -0.150. The fourth-order valence-corrected chi connectivity index (χ4v) is 2.00. The fourth-order valence-electron chi connectivity index (χ4n) is 1.04. The van der Waals surface area contributed by atoms with Gasteiger partial charge >= 0.3 is 0 Å². The molecule has 15 heavy (non-hydrogen) atoms. The van der Waals surface area contributed by atoms with Gasteiger partial charge in [0.05, 0.1) is 22.1 Å². The molecule has 0 amide bonds. The fraction of sp³-hybridized carbons (Fsp3) is 0.625. The highest BCUT2D eigenvalue weighted by Crippen LogP contribution is 2.00. The summed E-state index contributed by atoms with van der Waals surface area (Å²) in [5.74, 6) is 0.184. The lowest BCUT2D eigenvalue weighted by Gasteiger charge is -2.03. The van der Waals surface area contributed by atoms with Crippen molar-refractivity contribution in [1.29, 1.82) is 0 Å². The molecule has 1 aromatic rings. The molecule has 86 valence electrons. The third kappa shape index (κ3) is 6.10. The molecular formula is C8H14IN3O2S. The number of sulfone groups is 1. The number of nitrogens with zero attached hydrogens (tertiary/aromatic N) is 2. The summed E-state index contributed by atoms with van der Waals surface area (Å²) in [4.78, 5) is 0. The van der Waals surface area contributed by atoms with Gasteiger partial charge in [-0.05, 0) is 22.6 Å². The zero-order chi connectivity index (χ0) is 11.3. The summed E-state index contributed by atoms with van der Waals surface area (Å²) in [5, 5.41) is 7.17. The third-order valence-corrected chi connectivity index (χ3v) is 3.27. The van der Waals surface area contributed by atoms with Gasteiger partial charge in [-0.2, -0.15) is 5.10 Å². The molecule has 1 heterocycles. The second kappa shape index (κ2) is 5.80. The Morgan fingerprint density at radius 2 is 2.27 bits per heavy atom. The van der Waals surface area contributed by atoms with E-state index in [2.05, 4.69) is 33.0 Å². The summed E-state index contributed by atoms with van der Waals surface area (Å²) in [6.45, 7) is 1.98. The Balaban J connectivity index is 2.12. The van der Waals surface area contributed by atoms with Crippen molar-refractivity contribution in [2.45, 2.75) is 6.54 Å². The van der Waals surface area contributed by atoms with Crippen LogP contribution in [0.4, 0.5) is 0 Å². The van der Waals surface area contributed by atoms with Crippen molar-refractivity contribution in [2.75, 3.05) is 25.1 Å². The predicted octanol–water partition coefficient (Wildman–Crippen LogP) is 0.122. The number of nitrogens with one attached hydrogen (secondary N) is 1. The number of hydrogen-bond donors (Lipinski definition) is 1. The van der Waals surface area contributed by atoms with Gasteiger partial charge in [-0.25, -0.2) is 8.42 Å². The average molecular weight is 343 g/mol. The molecule has 0 fully saturated rings. The number of rotatable bonds is 6. The highest BCUT2D eigenvalue weighted by molar-refractivity contribution is 14.1. The van der Waals surface area contributed by atoms with Crippen molar-refractivity contribution in [3.8, 4) is 0 Å². The van der Waals surface area contributed by atoms with Crippen LogP contribution < -0.4 is 5.32 Å². The van der Waals surface area contributed by atoms with E-state index >= 15 is 0 Å². The van der Waals surface area contributed by atoms with Gasteiger partial charge in [-0.3, -0.25) is 4.68 Å². The summed E-state index contributed by atoms with van der Waals surface area (Å²) in [7, 11) is -2.85. The summed E-state index contributed by atoms with van der Waals surface area (Å²) in [6.07, 6.45) is 4.97. The summed E-state index contributed by atoms with van der Waals surface area (Å²) in [5.41, 5.74) is 0. The zero-order valence-electron chi connectivity index (χ0n) is 8.48. The molecule has 1 rings (SSSR count). The molecule has 7 heteroatoms. The van der Waals surface area contributed by atoms with Gasteiger partial charge in [-0.15, -0.1) is 0 Å². The normalized spacial score (nSPS) is 11.9. The van der Waals surface area contributed by atoms with Crippen molar-refractivity contribution >= 4 is 32.4 Å². The molecule has 5 nitrogen and oxygen atoms in total. The van der Waals surface area contributed by atoms with Crippen molar-refractivity contribution in [2.24, 2.45) is 0 Å². The summed E-state index contributed by atoms with van der Waals surface area (Å²) in [6, 6.07) is 0. The van der Waals surface area contributed by atoms with Crippen LogP contribution in [0.1, 0.15) is 0 Å². The van der Waals surface area contributed by atoms with Crippen LogP contribution in [0.25, 0.3) is 0 Å². The first-order chi connectivity index (χ1) is 6.97. The van der Waals surface area contributed by atoms with Crippen LogP contribution in [0.3, 0.4) is 0 Å². The Bertz CT molecular complexity index is 402. The van der Waals surface area contributed by atoms with Gasteiger partial charge in [-0.1, -0.05) is 0 Å². The predicted molar refractivity (Wildman–Crippen MR) is 67.5 cm³/mol. The molecule has 0 atom stereocenters. The van der Waals surface area contributed by atoms with Crippen LogP contribution in [0.15, 0.2) is 12.4 Å². The smallest absolute Gasteiger partial charge is 0.148 e. The van der Waals surface area contributed by atoms with E-state index in [1.807, 2.05) is 10.9 Å². The highest BCUT2D eigenvalue weighted by atomic mass is 127. The molecule has 0 radical (unpaired) electrons. The van der Waals surface area contributed by atoms with Gasteiger partial charge in [0.1, 0.15) is 9.84 Å². The third-order valence-electron chi connectivity index (χ3n) is 1.77. The zero-order valence-corrected chi connectivity index (χ0v) is 11.5. The van der Waals surface area contributed by atoms with Crippen LogP contribution in [0.2, 0.25) is 0 Å². The minimum absolute atomic E-state index is 0.184. The number of hydrogen-bond acceptors (Lipinski definition) is 4. The molecule has 0 aromatic carbocycles. The van der Waals surface area contributed by atoms with Crippen molar-refractivity contribution in [3.05, 3.63) is 16.0 Å². The Labute approximate surface area is 103 Å². The first-order valence-corrected chi connectivity index (χ1v) is 7.68. The van der Waals surface area contributed by atoms with Crippen LogP contribution in [-0.4, -0.2) is 43.3 Å². The molecule has 1 N–H and O–H groups in total. The highest BCUT2D eigenvalue weighted by Gasteiger charge is 2.00. The lowest BCUT2D eigenvalue weighted by Crippen LogP contribution is -2.25. The second-order valence-corrected chi connectivity index (χ2v) is 6.81. The second-order valence-electron chi connectivity index (χ2n) is 3.30. The van der Waals surface area contributed by atoms with Crippen molar-refractivity contribution in [3.63, 3.8) is 0 Å². The Morgan fingerprint density at radius 1 is 1.53 bits per heavy atom. The largest absolute Gasteiger partial charge is 0.314 e.